The summed E-state index contributed by atoms with van der Waals surface area (Å²) < 4.78 is 0. The van der Waals surface area contributed by atoms with Gasteiger partial charge in [0.05, 0.1) is 11.5 Å². The summed E-state index contributed by atoms with van der Waals surface area (Å²) in [6.07, 6.45) is 5.72. The molecule has 3 rings (SSSR count). The molecule has 0 saturated carbocycles. The van der Waals surface area contributed by atoms with Gasteiger partial charge in [0.15, 0.2) is 0 Å². The van der Waals surface area contributed by atoms with Gasteiger partial charge in [-0.15, -0.1) is 11.3 Å². The molecule has 25 heavy (non-hydrogen) atoms. The molecule has 0 unspecified atom stereocenters. The summed E-state index contributed by atoms with van der Waals surface area (Å²) in [7, 11) is 0. The van der Waals surface area contributed by atoms with E-state index >= 15 is 0 Å². The number of hydrogen-bond donors (Lipinski definition) is 2. The Balaban J connectivity index is 1.89. The number of thiophene rings is 1. The molecule has 0 aliphatic heterocycles. The number of carbonyl (C=O) groups excluding carboxylic acids is 2. The van der Waals surface area contributed by atoms with Crippen molar-refractivity contribution in [1.29, 1.82) is 0 Å². The largest absolute Gasteiger partial charge is 0.365 e. The summed E-state index contributed by atoms with van der Waals surface area (Å²) in [4.78, 5) is 26.1. The van der Waals surface area contributed by atoms with Crippen LogP contribution < -0.4 is 11.1 Å². The quantitative estimate of drug-likeness (QED) is 0.812. The van der Waals surface area contributed by atoms with Crippen molar-refractivity contribution >= 4 is 28.2 Å². The van der Waals surface area contributed by atoms with E-state index in [0.717, 1.165) is 49.7 Å². The van der Waals surface area contributed by atoms with Crippen LogP contribution in [0, 0.1) is 0 Å². The van der Waals surface area contributed by atoms with Gasteiger partial charge >= 0.3 is 0 Å². The Labute approximate surface area is 152 Å². The van der Waals surface area contributed by atoms with Crippen molar-refractivity contribution in [3.63, 3.8) is 0 Å². The molecule has 1 aromatic heterocycles. The van der Waals surface area contributed by atoms with E-state index in [0.29, 0.717) is 10.6 Å². The Hall–Kier alpha value is -2.14. The minimum Gasteiger partial charge on any atom is -0.365 e. The molecule has 4 nitrogen and oxygen atoms in total. The van der Waals surface area contributed by atoms with Gasteiger partial charge in [-0.3, -0.25) is 9.59 Å². The number of aryl methyl sites for hydroxylation is 1. The maximum atomic E-state index is 12.9. The van der Waals surface area contributed by atoms with Gasteiger partial charge in [-0.2, -0.15) is 0 Å². The van der Waals surface area contributed by atoms with Crippen molar-refractivity contribution in [3.8, 4) is 0 Å². The Bertz CT molecular complexity index is 768. The van der Waals surface area contributed by atoms with Gasteiger partial charge in [0.2, 0.25) is 5.91 Å². The molecule has 0 bridgehead atoms. The molecule has 0 saturated heterocycles. The minimum atomic E-state index is -0.443. The molecular formula is C20H24N2O2S. The van der Waals surface area contributed by atoms with Crippen LogP contribution in [0.3, 0.4) is 0 Å². The topological polar surface area (TPSA) is 72.2 Å². The van der Waals surface area contributed by atoms with Crippen LogP contribution >= 0.6 is 11.3 Å². The number of fused-ring (bicyclic) bond motifs is 1. The zero-order valence-corrected chi connectivity index (χ0v) is 15.3. The molecule has 132 valence electrons. The number of primary amides is 1. The second-order valence-electron chi connectivity index (χ2n) is 6.52. The average Bonchev–Trinajstić information content (AvgIpc) is 2.98. The van der Waals surface area contributed by atoms with Gasteiger partial charge in [-0.05, 0) is 43.2 Å². The van der Waals surface area contributed by atoms with E-state index in [1.54, 1.807) is 0 Å². The lowest BCUT2D eigenvalue weighted by Gasteiger charge is -2.16. The Morgan fingerprint density at radius 3 is 2.60 bits per heavy atom. The molecule has 2 amide bonds. The van der Waals surface area contributed by atoms with Crippen LogP contribution in [-0.4, -0.2) is 11.8 Å². The molecule has 1 aliphatic carbocycles. The fraction of sp³-hybridized carbons (Fsp3) is 0.400. The number of anilines is 1. The molecule has 5 heteroatoms. The third-order valence-electron chi connectivity index (χ3n) is 4.75. The molecule has 1 aliphatic rings. The second-order valence-corrected chi connectivity index (χ2v) is 7.63. The van der Waals surface area contributed by atoms with E-state index in [1.807, 2.05) is 30.3 Å². The van der Waals surface area contributed by atoms with Crippen LogP contribution in [0.15, 0.2) is 30.3 Å². The van der Waals surface area contributed by atoms with Crippen LogP contribution in [0.1, 0.15) is 64.9 Å². The fourth-order valence-corrected chi connectivity index (χ4v) is 4.83. The number of amides is 2. The lowest BCUT2D eigenvalue weighted by molar-refractivity contribution is -0.117. The first kappa shape index (κ1) is 17.7. The fourth-order valence-electron chi connectivity index (χ4n) is 3.54. The summed E-state index contributed by atoms with van der Waals surface area (Å²) >= 11 is 1.52. The van der Waals surface area contributed by atoms with Crippen molar-refractivity contribution in [2.24, 2.45) is 5.73 Å². The van der Waals surface area contributed by atoms with E-state index in [9.17, 15) is 9.59 Å². The van der Waals surface area contributed by atoms with Crippen LogP contribution in [0.5, 0.6) is 0 Å². The van der Waals surface area contributed by atoms with E-state index < -0.39 is 5.91 Å². The predicted molar refractivity (Wildman–Crippen MR) is 102 cm³/mol. The predicted octanol–water partition coefficient (Wildman–Crippen LogP) is 4.25. The van der Waals surface area contributed by atoms with Gasteiger partial charge < -0.3 is 11.1 Å². The second kappa shape index (κ2) is 7.83. The summed E-state index contributed by atoms with van der Waals surface area (Å²) in [6, 6.07) is 9.81. The minimum absolute atomic E-state index is 0.0610. The van der Waals surface area contributed by atoms with Crippen LogP contribution in [0.2, 0.25) is 0 Å². The highest BCUT2D eigenvalue weighted by Crippen LogP contribution is 2.38. The monoisotopic (exact) mass is 356 g/mol. The van der Waals surface area contributed by atoms with Gasteiger partial charge in [0, 0.05) is 4.88 Å². The summed E-state index contributed by atoms with van der Waals surface area (Å²) in [5, 5.41) is 3.64. The van der Waals surface area contributed by atoms with Gasteiger partial charge in [-0.25, -0.2) is 0 Å². The highest BCUT2D eigenvalue weighted by Gasteiger charge is 2.27. The zero-order chi connectivity index (χ0) is 17.8. The molecule has 1 atom stereocenters. The molecule has 3 N–H and O–H groups in total. The maximum absolute atomic E-state index is 12.9. The molecule has 0 fully saturated rings. The highest BCUT2D eigenvalue weighted by atomic mass is 32.1. The Morgan fingerprint density at radius 2 is 1.92 bits per heavy atom. The molecular weight excluding hydrogens is 332 g/mol. The first-order chi connectivity index (χ1) is 12.1. The van der Waals surface area contributed by atoms with Crippen molar-refractivity contribution < 1.29 is 9.59 Å². The number of nitrogens with one attached hydrogen (secondary N) is 1. The summed E-state index contributed by atoms with van der Waals surface area (Å²) in [6.45, 7) is 2.07. The maximum Gasteiger partial charge on any atom is 0.251 e. The SMILES string of the molecule is CCC[C@@H](C(=O)Nc1sc2c(c1C(N)=O)CCCC2)c1ccccc1. The summed E-state index contributed by atoms with van der Waals surface area (Å²) in [5.74, 6) is -0.721. The highest BCUT2D eigenvalue weighted by molar-refractivity contribution is 7.17. The smallest absolute Gasteiger partial charge is 0.251 e. The van der Waals surface area contributed by atoms with E-state index in [-0.39, 0.29) is 11.8 Å². The number of hydrogen-bond acceptors (Lipinski definition) is 3. The van der Waals surface area contributed by atoms with E-state index in [4.69, 9.17) is 5.73 Å². The van der Waals surface area contributed by atoms with Crippen molar-refractivity contribution in [2.45, 2.75) is 51.4 Å². The number of rotatable bonds is 6. The van der Waals surface area contributed by atoms with E-state index in [2.05, 4.69) is 12.2 Å². The van der Waals surface area contributed by atoms with Crippen LogP contribution in [-0.2, 0) is 17.6 Å². The first-order valence-corrected chi connectivity index (χ1v) is 9.73. The van der Waals surface area contributed by atoms with Crippen molar-refractivity contribution in [1.82, 2.24) is 0 Å². The Kier molecular flexibility index (Phi) is 5.53. The van der Waals surface area contributed by atoms with Crippen LogP contribution in [0.4, 0.5) is 5.00 Å². The number of nitrogens with two attached hydrogens (primary N) is 1. The Morgan fingerprint density at radius 1 is 1.20 bits per heavy atom. The average molecular weight is 356 g/mol. The molecule has 1 aromatic carbocycles. The lowest BCUT2D eigenvalue weighted by atomic mass is 9.93. The molecule has 2 aromatic rings. The van der Waals surface area contributed by atoms with Crippen molar-refractivity contribution in [2.75, 3.05) is 5.32 Å². The van der Waals surface area contributed by atoms with Crippen LogP contribution in [0.25, 0.3) is 0 Å². The standard InChI is InChI=1S/C20H24N2O2S/c1-2-8-14(13-9-4-3-5-10-13)19(24)22-20-17(18(21)23)15-11-6-7-12-16(15)25-20/h3-5,9-10,14H,2,6-8,11-12H2,1H3,(H2,21,23)(H,22,24)/t14-/m1/s1. The third-order valence-corrected chi connectivity index (χ3v) is 5.96. The number of carbonyl (C=O) groups is 2. The molecule has 0 radical (unpaired) electrons. The zero-order valence-electron chi connectivity index (χ0n) is 14.5. The first-order valence-electron chi connectivity index (χ1n) is 8.92. The molecule has 0 spiro atoms. The number of benzene rings is 1. The van der Waals surface area contributed by atoms with Gasteiger partial charge in [0.25, 0.3) is 5.91 Å². The van der Waals surface area contributed by atoms with Gasteiger partial charge in [-0.1, -0.05) is 43.7 Å². The third kappa shape index (κ3) is 3.76. The normalized spacial score (nSPS) is 14.6. The molecule has 1 heterocycles. The van der Waals surface area contributed by atoms with Gasteiger partial charge in [0.1, 0.15) is 5.00 Å². The van der Waals surface area contributed by atoms with E-state index in [1.165, 1.54) is 16.2 Å². The van der Waals surface area contributed by atoms with Crippen molar-refractivity contribution in [3.05, 3.63) is 51.9 Å². The summed E-state index contributed by atoms with van der Waals surface area (Å²) in [5.41, 5.74) is 8.20. The lowest BCUT2D eigenvalue weighted by Crippen LogP contribution is -2.23.